The molecule has 2 aromatic carbocycles. The van der Waals surface area contributed by atoms with Crippen LogP contribution in [0.3, 0.4) is 0 Å². The standard InChI is InChI=1S/C16H17NO5/c1-11-8-14(4-6-15(11)17(18)19)22-10-12-9-13(20-2)5-7-16(12)21-3/h4-9H,10H2,1-3H3. The molecule has 2 aromatic rings. The zero-order chi connectivity index (χ0) is 16.1. The van der Waals surface area contributed by atoms with E-state index in [0.717, 1.165) is 5.56 Å². The smallest absolute Gasteiger partial charge is 0.272 e. The quantitative estimate of drug-likeness (QED) is 0.603. The molecular weight excluding hydrogens is 286 g/mol. The summed E-state index contributed by atoms with van der Waals surface area (Å²) in [4.78, 5) is 10.4. The highest BCUT2D eigenvalue weighted by Crippen LogP contribution is 2.27. The molecule has 0 spiro atoms. The molecule has 0 heterocycles. The molecule has 2 rings (SSSR count). The summed E-state index contributed by atoms with van der Waals surface area (Å²) in [6.45, 7) is 1.95. The Hall–Kier alpha value is -2.76. The first kappa shape index (κ1) is 15.6. The Morgan fingerprint density at radius 1 is 1.05 bits per heavy atom. The van der Waals surface area contributed by atoms with E-state index in [2.05, 4.69) is 0 Å². The number of ether oxygens (including phenoxy) is 3. The van der Waals surface area contributed by atoms with E-state index in [-0.39, 0.29) is 12.3 Å². The second-order valence-corrected chi connectivity index (χ2v) is 4.67. The van der Waals surface area contributed by atoms with Gasteiger partial charge in [-0.15, -0.1) is 0 Å². The number of nitro benzene ring substituents is 1. The lowest BCUT2D eigenvalue weighted by Gasteiger charge is -2.12. The van der Waals surface area contributed by atoms with Gasteiger partial charge in [0.15, 0.2) is 0 Å². The predicted octanol–water partition coefficient (Wildman–Crippen LogP) is 3.50. The number of rotatable bonds is 6. The van der Waals surface area contributed by atoms with Crippen molar-refractivity contribution in [2.75, 3.05) is 14.2 Å². The summed E-state index contributed by atoms with van der Waals surface area (Å²) < 4.78 is 16.2. The number of hydrogen-bond acceptors (Lipinski definition) is 5. The Morgan fingerprint density at radius 2 is 1.77 bits per heavy atom. The molecule has 0 aliphatic rings. The van der Waals surface area contributed by atoms with Crippen LogP contribution in [0.2, 0.25) is 0 Å². The Labute approximate surface area is 128 Å². The minimum atomic E-state index is -0.412. The van der Waals surface area contributed by atoms with Gasteiger partial charge < -0.3 is 14.2 Å². The Morgan fingerprint density at radius 3 is 2.36 bits per heavy atom. The molecular formula is C16H17NO5. The minimum Gasteiger partial charge on any atom is -0.497 e. The fourth-order valence-electron chi connectivity index (χ4n) is 2.08. The van der Waals surface area contributed by atoms with Gasteiger partial charge in [0, 0.05) is 17.2 Å². The second-order valence-electron chi connectivity index (χ2n) is 4.67. The summed E-state index contributed by atoms with van der Waals surface area (Å²) in [6.07, 6.45) is 0. The lowest BCUT2D eigenvalue weighted by molar-refractivity contribution is -0.385. The van der Waals surface area contributed by atoms with Crippen LogP contribution in [0.1, 0.15) is 11.1 Å². The fraction of sp³-hybridized carbons (Fsp3) is 0.250. The van der Waals surface area contributed by atoms with Gasteiger partial charge in [-0.05, 0) is 37.3 Å². The molecule has 6 heteroatoms. The van der Waals surface area contributed by atoms with Crippen LogP contribution in [0.15, 0.2) is 36.4 Å². The van der Waals surface area contributed by atoms with Crippen molar-refractivity contribution < 1.29 is 19.1 Å². The molecule has 116 valence electrons. The molecule has 22 heavy (non-hydrogen) atoms. The van der Waals surface area contributed by atoms with Gasteiger partial charge >= 0.3 is 0 Å². The average molecular weight is 303 g/mol. The van der Waals surface area contributed by atoms with Gasteiger partial charge in [0.2, 0.25) is 0 Å². The molecule has 0 radical (unpaired) electrons. The topological polar surface area (TPSA) is 70.8 Å². The van der Waals surface area contributed by atoms with Crippen molar-refractivity contribution in [1.29, 1.82) is 0 Å². The van der Waals surface area contributed by atoms with E-state index in [1.54, 1.807) is 45.4 Å². The molecule has 0 N–H and O–H groups in total. The number of hydrogen-bond donors (Lipinski definition) is 0. The maximum absolute atomic E-state index is 10.8. The first-order valence-electron chi connectivity index (χ1n) is 6.64. The highest BCUT2D eigenvalue weighted by Gasteiger charge is 2.11. The number of benzene rings is 2. The normalized spacial score (nSPS) is 10.1. The van der Waals surface area contributed by atoms with E-state index in [4.69, 9.17) is 14.2 Å². The molecule has 0 aliphatic carbocycles. The van der Waals surface area contributed by atoms with Gasteiger partial charge in [-0.2, -0.15) is 0 Å². The maximum Gasteiger partial charge on any atom is 0.272 e. The molecule has 0 bridgehead atoms. The lowest BCUT2D eigenvalue weighted by atomic mass is 10.2. The third-order valence-electron chi connectivity index (χ3n) is 3.25. The van der Waals surface area contributed by atoms with Crippen molar-refractivity contribution in [2.24, 2.45) is 0 Å². The second kappa shape index (κ2) is 6.80. The van der Waals surface area contributed by atoms with Crippen LogP contribution < -0.4 is 14.2 Å². The number of nitro groups is 1. The minimum absolute atomic E-state index is 0.0753. The largest absolute Gasteiger partial charge is 0.497 e. The zero-order valence-electron chi connectivity index (χ0n) is 12.7. The van der Waals surface area contributed by atoms with Crippen molar-refractivity contribution in [1.82, 2.24) is 0 Å². The molecule has 0 saturated heterocycles. The molecule has 0 saturated carbocycles. The highest BCUT2D eigenvalue weighted by atomic mass is 16.6. The molecule has 0 fully saturated rings. The van der Waals surface area contributed by atoms with Gasteiger partial charge in [0.1, 0.15) is 23.9 Å². The summed E-state index contributed by atoms with van der Waals surface area (Å²) in [5, 5.41) is 10.8. The zero-order valence-corrected chi connectivity index (χ0v) is 12.7. The lowest BCUT2D eigenvalue weighted by Crippen LogP contribution is -2.00. The van der Waals surface area contributed by atoms with Gasteiger partial charge in [-0.25, -0.2) is 0 Å². The van der Waals surface area contributed by atoms with Crippen molar-refractivity contribution >= 4 is 5.69 Å². The SMILES string of the molecule is COc1ccc(OC)c(COc2ccc([N+](=O)[O-])c(C)c2)c1. The molecule has 0 unspecified atom stereocenters. The third-order valence-corrected chi connectivity index (χ3v) is 3.25. The van der Waals surface area contributed by atoms with Gasteiger partial charge in [-0.3, -0.25) is 10.1 Å². The summed E-state index contributed by atoms with van der Waals surface area (Å²) in [5.74, 6) is 1.96. The van der Waals surface area contributed by atoms with Crippen molar-refractivity contribution in [3.63, 3.8) is 0 Å². The van der Waals surface area contributed by atoms with Crippen LogP contribution in [-0.2, 0) is 6.61 Å². The number of methoxy groups -OCH3 is 2. The van der Waals surface area contributed by atoms with Crippen molar-refractivity contribution in [3.05, 3.63) is 57.6 Å². The summed E-state index contributed by atoms with van der Waals surface area (Å²) in [5.41, 5.74) is 1.46. The van der Waals surface area contributed by atoms with Crippen molar-refractivity contribution in [2.45, 2.75) is 13.5 Å². The fourth-order valence-corrected chi connectivity index (χ4v) is 2.08. The van der Waals surface area contributed by atoms with Crippen LogP contribution in [-0.4, -0.2) is 19.1 Å². The van der Waals surface area contributed by atoms with Crippen molar-refractivity contribution in [3.8, 4) is 17.2 Å². The van der Waals surface area contributed by atoms with Gasteiger partial charge in [-0.1, -0.05) is 0 Å². The van der Waals surface area contributed by atoms with Crippen LogP contribution >= 0.6 is 0 Å². The third kappa shape index (κ3) is 3.46. The van der Waals surface area contributed by atoms with E-state index in [0.29, 0.717) is 22.8 Å². The van der Waals surface area contributed by atoms with Gasteiger partial charge in [0.25, 0.3) is 5.69 Å². The van der Waals surface area contributed by atoms with E-state index in [1.807, 2.05) is 6.07 Å². The number of aryl methyl sites for hydroxylation is 1. The summed E-state index contributed by atoms with van der Waals surface area (Å²) in [7, 11) is 3.17. The van der Waals surface area contributed by atoms with Crippen LogP contribution in [0.5, 0.6) is 17.2 Å². The molecule has 0 aliphatic heterocycles. The van der Waals surface area contributed by atoms with Crippen LogP contribution in [0.25, 0.3) is 0 Å². The van der Waals surface area contributed by atoms with Crippen LogP contribution in [0.4, 0.5) is 5.69 Å². The van der Waals surface area contributed by atoms with E-state index < -0.39 is 4.92 Å². The molecule has 0 aromatic heterocycles. The Kier molecular flexibility index (Phi) is 4.83. The predicted molar refractivity (Wildman–Crippen MR) is 81.7 cm³/mol. The summed E-state index contributed by atoms with van der Waals surface area (Å²) in [6, 6.07) is 10.1. The molecule has 0 amide bonds. The summed E-state index contributed by atoms with van der Waals surface area (Å²) >= 11 is 0. The first-order valence-corrected chi connectivity index (χ1v) is 6.64. The molecule has 6 nitrogen and oxygen atoms in total. The first-order chi connectivity index (χ1) is 10.5. The van der Waals surface area contributed by atoms with Gasteiger partial charge in [0.05, 0.1) is 19.1 Å². The van der Waals surface area contributed by atoms with Crippen LogP contribution in [0, 0.1) is 17.0 Å². The van der Waals surface area contributed by atoms with E-state index in [1.165, 1.54) is 6.07 Å². The molecule has 0 atom stereocenters. The van der Waals surface area contributed by atoms with E-state index in [9.17, 15) is 10.1 Å². The maximum atomic E-state index is 10.8. The Balaban J connectivity index is 2.16. The highest BCUT2D eigenvalue weighted by molar-refractivity contribution is 5.45. The van der Waals surface area contributed by atoms with E-state index >= 15 is 0 Å². The number of nitrogens with zero attached hydrogens (tertiary/aromatic N) is 1. The monoisotopic (exact) mass is 303 g/mol. The Bertz CT molecular complexity index is 684. The average Bonchev–Trinajstić information content (AvgIpc) is 2.52.